The zero-order valence-electron chi connectivity index (χ0n) is 9.30. The maximum absolute atomic E-state index is 10.6. The van der Waals surface area contributed by atoms with Crippen LogP contribution in [0.15, 0.2) is 30.5 Å². The molecule has 0 aliphatic heterocycles. The lowest BCUT2D eigenvalue weighted by atomic mass is 10.3. The fraction of sp³-hybridized carbons (Fsp3) is 0.182. The highest BCUT2D eigenvalue weighted by molar-refractivity contribution is 7.16. The number of nitrogens with zero attached hydrogens (tertiary/aromatic N) is 2. The molecular weight excluding hydrogens is 274 g/mol. The summed E-state index contributed by atoms with van der Waals surface area (Å²) in [6.45, 7) is 0.658. The zero-order valence-corrected chi connectivity index (χ0v) is 10.9. The molecule has 0 aliphatic rings. The number of hydrogen-bond acceptors (Lipinski definition) is 5. The van der Waals surface area contributed by atoms with Crippen LogP contribution in [0.4, 0.5) is 11.5 Å². The summed E-state index contributed by atoms with van der Waals surface area (Å²) in [5.74, 6) is 0.506. The number of anilines is 1. The van der Waals surface area contributed by atoms with Gasteiger partial charge < -0.3 is 5.32 Å². The van der Waals surface area contributed by atoms with Gasteiger partial charge in [0.15, 0.2) is 0 Å². The summed E-state index contributed by atoms with van der Waals surface area (Å²) in [5.41, 5.74) is 0.0340. The fourth-order valence-electron chi connectivity index (χ4n) is 1.43. The molecule has 2 rings (SSSR count). The van der Waals surface area contributed by atoms with E-state index in [1.54, 1.807) is 0 Å². The van der Waals surface area contributed by atoms with Crippen molar-refractivity contribution in [2.24, 2.45) is 0 Å². The van der Waals surface area contributed by atoms with Crippen LogP contribution in [0.5, 0.6) is 0 Å². The predicted molar refractivity (Wildman–Crippen MR) is 72.4 cm³/mol. The Morgan fingerprint density at radius 1 is 1.44 bits per heavy atom. The number of thiophene rings is 1. The zero-order chi connectivity index (χ0) is 13.0. The highest BCUT2D eigenvalue weighted by Gasteiger charge is 2.06. The number of aromatic nitrogens is 1. The third-order valence-corrected chi connectivity index (χ3v) is 3.55. The molecule has 0 radical (unpaired) electrons. The van der Waals surface area contributed by atoms with Gasteiger partial charge in [-0.05, 0) is 18.6 Å². The minimum Gasteiger partial charge on any atom is -0.370 e. The Kier molecular flexibility index (Phi) is 4.11. The summed E-state index contributed by atoms with van der Waals surface area (Å²) in [6, 6.07) is 6.61. The van der Waals surface area contributed by atoms with Crippen LogP contribution < -0.4 is 5.32 Å². The van der Waals surface area contributed by atoms with E-state index in [2.05, 4.69) is 10.3 Å². The van der Waals surface area contributed by atoms with Crippen LogP contribution in [0.25, 0.3) is 0 Å². The smallest absolute Gasteiger partial charge is 0.274 e. The number of halogens is 1. The van der Waals surface area contributed by atoms with Gasteiger partial charge in [0.1, 0.15) is 5.82 Å². The maximum atomic E-state index is 10.6. The van der Waals surface area contributed by atoms with Crippen LogP contribution in [0.2, 0.25) is 4.34 Å². The van der Waals surface area contributed by atoms with Crippen molar-refractivity contribution in [1.29, 1.82) is 0 Å². The van der Waals surface area contributed by atoms with E-state index in [1.165, 1.54) is 29.7 Å². The van der Waals surface area contributed by atoms with Gasteiger partial charge in [0.2, 0.25) is 0 Å². The van der Waals surface area contributed by atoms with Gasteiger partial charge in [-0.1, -0.05) is 11.6 Å². The molecule has 1 N–H and O–H groups in total. The molecule has 0 aromatic carbocycles. The molecule has 0 saturated heterocycles. The fourth-order valence-corrected chi connectivity index (χ4v) is 2.52. The molecule has 0 fully saturated rings. The van der Waals surface area contributed by atoms with E-state index in [-0.39, 0.29) is 5.69 Å². The van der Waals surface area contributed by atoms with E-state index in [9.17, 15) is 10.1 Å². The molecule has 0 spiro atoms. The Morgan fingerprint density at radius 2 is 2.28 bits per heavy atom. The molecule has 0 aliphatic carbocycles. The molecule has 0 unspecified atom stereocenters. The van der Waals surface area contributed by atoms with Crippen molar-refractivity contribution >= 4 is 34.4 Å². The van der Waals surface area contributed by atoms with Crippen LogP contribution >= 0.6 is 22.9 Å². The quantitative estimate of drug-likeness (QED) is 0.675. The first-order chi connectivity index (χ1) is 8.65. The van der Waals surface area contributed by atoms with Crippen LogP contribution in [-0.2, 0) is 6.42 Å². The summed E-state index contributed by atoms with van der Waals surface area (Å²) in [6.07, 6.45) is 2.23. The molecule has 5 nitrogen and oxygen atoms in total. The van der Waals surface area contributed by atoms with Gasteiger partial charge in [0, 0.05) is 23.7 Å². The summed E-state index contributed by atoms with van der Waals surface area (Å²) < 4.78 is 0.762. The Hall–Kier alpha value is -1.66. The summed E-state index contributed by atoms with van der Waals surface area (Å²) >= 11 is 7.35. The molecule has 18 heavy (non-hydrogen) atoms. The number of nitrogens with one attached hydrogen (secondary N) is 1. The van der Waals surface area contributed by atoms with Gasteiger partial charge in [-0.3, -0.25) is 10.1 Å². The van der Waals surface area contributed by atoms with Gasteiger partial charge in [-0.15, -0.1) is 11.3 Å². The maximum Gasteiger partial charge on any atom is 0.274 e. The molecule has 2 aromatic rings. The van der Waals surface area contributed by atoms with Gasteiger partial charge in [-0.2, -0.15) is 0 Å². The summed E-state index contributed by atoms with van der Waals surface area (Å²) in [7, 11) is 0. The van der Waals surface area contributed by atoms with E-state index in [1.807, 2.05) is 12.1 Å². The summed E-state index contributed by atoms with van der Waals surface area (Å²) in [5, 5.41) is 13.6. The van der Waals surface area contributed by atoms with Crippen molar-refractivity contribution in [3.8, 4) is 0 Å². The number of rotatable bonds is 5. The molecular formula is C11H10ClN3O2S. The van der Waals surface area contributed by atoms with E-state index >= 15 is 0 Å². The largest absolute Gasteiger partial charge is 0.370 e. The van der Waals surface area contributed by atoms with E-state index in [4.69, 9.17) is 11.6 Å². The van der Waals surface area contributed by atoms with Gasteiger partial charge in [0.05, 0.1) is 15.3 Å². The monoisotopic (exact) mass is 283 g/mol. The van der Waals surface area contributed by atoms with Crippen LogP contribution in [0, 0.1) is 10.1 Å². The predicted octanol–water partition coefficient (Wildman–Crippen LogP) is 3.36. The van der Waals surface area contributed by atoms with Crippen molar-refractivity contribution < 1.29 is 4.92 Å². The standard InChI is InChI=1S/C11H10ClN3O2S/c12-10-2-1-9(18-10)4-6-14-11-7-8(15(16)17)3-5-13-11/h1-3,5,7H,4,6H2,(H,13,14). The number of pyridine rings is 1. The van der Waals surface area contributed by atoms with Gasteiger partial charge in [-0.25, -0.2) is 4.98 Å². The normalized spacial score (nSPS) is 10.3. The van der Waals surface area contributed by atoms with Gasteiger partial charge in [0.25, 0.3) is 5.69 Å². The second-order valence-electron chi connectivity index (χ2n) is 3.54. The summed E-state index contributed by atoms with van der Waals surface area (Å²) in [4.78, 5) is 15.3. The Balaban J connectivity index is 1.90. The first kappa shape index (κ1) is 12.8. The Morgan fingerprint density at radius 3 is 2.94 bits per heavy atom. The lowest BCUT2D eigenvalue weighted by molar-refractivity contribution is -0.384. The average molecular weight is 284 g/mol. The van der Waals surface area contributed by atoms with Crippen molar-refractivity contribution in [3.05, 3.63) is 49.8 Å². The Labute approximate surface area is 113 Å². The minimum atomic E-state index is -0.439. The molecule has 0 saturated carbocycles. The van der Waals surface area contributed by atoms with E-state index in [0.29, 0.717) is 12.4 Å². The second kappa shape index (κ2) is 5.79. The third kappa shape index (κ3) is 3.41. The van der Waals surface area contributed by atoms with Crippen molar-refractivity contribution in [2.75, 3.05) is 11.9 Å². The minimum absolute atomic E-state index is 0.0340. The highest BCUT2D eigenvalue weighted by Crippen LogP contribution is 2.21. The number of nitro groups is 1. The SMILES string of the molecule is O=[N+]([O-])c1ccnc(NCCc2ccc(Cl)s2)c1. The highest BCUT2D eigenvalue weighted by atomic mass is 35.5. The van der Waals surface area contributed by atoms with Crippen LogP contribution in [0.3, 0.4) is 0 Å². The molecule has 0 bridgehead atoms. The van der Waals surface area contributed by atoms with Crippen LogP contribution in [0.1, 0.15) is 4.88 Å². The lowest BCUT2D eigenvalue weighted by Crippen LogP contribution is -2.05. The molecule has 0 amide bonds. The molecule has 7 heteroatoms. The number of hydrogen-bond donors (Lipinski definition) is 1. The first-order valence-corrected chi connectivity index (χ1v) is 6.43. The molecule has 0 atom stereocenters. The van der Waals surface area contributed by atoms with Crippen molar-refractivity contribution in [2.45, 2.75) is 6.42 Å². The third-order valence-electron chi connectivity index (χ3n) is 2.26. The lowest BCUT2D eigenvalue weighted by Gasteiger charge is -2.03. The molecule has 2 heterocycles. The second-order valence-corrected chi connectivity index (χ2v) is 5.34. The average Bonchev–Trinajstić information content (AvgIpc) is 2.75. The van der Waals surface area contributed by atoms with Crippen molar-refractivity contribution in [1.82, 2.24) is 4.98 Å². The molecule has 94 valence electrons. The molecule has 2 aromatic heterocycles. The first-order valence-electron chi connectivity index (χ1n) is 5.23. The van der Waals surface area contributed by atoms with Crippen LogP contribution in [-0.4, -0.2) is 16.5 Å². The Bertz CT molecular complexity index is 559. The topological polar surface area (TPSA) is 68.1 Å². The van der Waals surface area contributed by atoms with Gasteiger partial charge >= 0.3 is 0 Å². The van der Waals surface area contributed by atoms with E-state index in [0.717, 1.165) is 15.6 Å². The van der Waals surface area contributed by atoms with Crippen molar-refractivity contribution in [3.63, 3.8) is 0 Å². The van der Waals surface area contributed by atoms with E-state index < -0.39 is 4.92 Å².